The molecule has 3 heterocycles. The third-order valence-electron chi connectivity index (χ3n) is 3.85. The number of H-pyrrole nitrogens is 1. The highest BCUT2D eigenvalue weighted by Gasteiger charge is 2.20. The zero-order valence-corrected chi connectivity index (χ0v) is 15.7. The molecule has 4 aromatic rings. The maximum atomic E-state index is 12.3. The highest BCUT2D eigenvalue weighted by Crippen LogP contribution is 2.30. The summed E-state index contributed by atoms with van der Waals surface area (Å²) in [5.41, 5.74) is 1.82. The highest BCUT2D eigenvalue weighted by molar-refractivity contribution is 8.00. The van der Waals surface area contributed by atoms with Gasteiger partial charge < -0.3 is 14.7 Å². The van der Waals surface area contributed by atoms with E-state index in [4.69, 9.17) is 16.0 Å². The lowest BCUT2D eigenvalue weighted by atomic mass is 10.2. The van der Waals surface area contributed by atoms with Crippen LogP contribution in [0, 0.1) is 0 Å². The maximum Gasteiger partial charge on any atom is 0.277 e. The van der Waals surface area contributed by atoms with Crippen molar-refractivity contribution >= 4 is 46.0 Å². The molecule has 0 aliphatic heterocycles. The minimum Gasteiger partial charge on any atom is -0.411 e. The van der Waals surface area contributed by atoms with Gasteiger partial charge in [-0.15, -0.1) is 10.2 Å². The summed E-state index contributed by atoms with van der Waals surface area (Å²) in [5.74, 6) is 0.616. The number of nitrogens with one attached hydrogen (secondary N) is 2. The SMILES string of the molecule is CC(Sc1nnc(-c2c[nH]c3ccccc23)o1)C(=O)Nc1ccc(Cl)cn1. The summed E-state index contributed by atoms with van der Waals surface area (Å²) in [5, 5.41) is 12.2. The number of amides is 1. The van der Waals surface area contributed by atoms with Gasteiger partial charge in [0.15, 0.2) is 0 Å². The van der Waals surface area contributed by atoms with Crippen LogP contribution >= 0.6 is 23.4 Å². The average molecular weight is 400 g/mol. The van der Waals surface area contributed by atoms with E-state index in [1.807, 2.05) is 30.5 Å². The Morgan fingerprint density at radius 2 is 2.11 bits per heavy atom. The van der Waals surface area contributed by atoms with Crippen LogP contribution in [0.1, 0.15) is 6.92 Å². The Labute approximate surface area is 163 Å². The van der Waals surface area contributed by atoms with Crippen LogP contribution in [0.2, 0.25) is 5.02 Å². The number of nitrogens with zero attached hydrogens (tertiary/aromatic N) is 3. The summed E-state index contributed by atoms with van der Waals surface area (Å²) in [6.45, 7) is 1.76. The first-order valence-corrected chi connectivity index (χ1v) is 9.35. The molecule has 0 saturated heterocycles. The van der Waals surface area contributed by atoms with Crippen molar-refractivity contribution in [1.82, 2.24) is 20.2 Å². The number of hydrogen-bond donors (Lipinski definition) is 2. The molecule has 1 aromatic carbocycles. The number of anilines is 1. The molecule has 4 rings (SSSR count). The molecule has 2 N–H and O–H groups in total. The minimum absolute atomic E-state index is 0.221. The fourth-order valence-corrected chi connectivity index (χ4v) is 3.29. The van der Waals surface area contributed by atoms with Crippen LogP contribution < -0.4 is 5.32 Å². The smallest absolute Gasteiger partial charge is 0.277 e. The van der Waals surface area contributed by atoms with Crippen LogP contribution in [0.3, 0.4) is 0 Å². The molecular weight excluding hydrogens is 386 g/mol. The van der Waals surface area contributed by atoms with Gasteiger partial charge in [-0.05, 0) is 25.1 Å². The summed E-state index contributed by atoms with van der Waals surface area (Å²) in [6.07, 6.45) is 3.30. The largest absolute Gasteiger partial charge is 0.411 e. The van der Waals surface area contributed by atoms with E-state index >= 15 is 0 Å². The van der Waals surface area contributed by atoms with E-state index in [-0.39, 0.29) is 5.91 Å². The first kappa shape index (κ1) is 17.6. The first-order valence-electron chi connectivity index (χ1n) is 8.09. The number of aromatic nitrogens is 4. The van der Waals surface area contributed by atoms with Crippen LogP contribution in [0.5, 0.6) is 0 Å². The maximum absolute atomic E-state index is 12.3. The number of fused-ring (bicyclic) bond motifs is 1. The van der Waals surface area contributed by atoms with Gasteiger partial charge in [-0.1, -0.05) is 41.6 Å². The fraction of sp³-hybridized carbons (Fsp3) is 0.111. The van der Waals surface area contributed by atoms with E-state index in [9.17, 15) is 4.79 Å². The Bertz CT molecular complexity index is 1090. The van der Waals surface area contributed by atoms with Gasteiger partial charge >= 0.3 is 0 Å². The molecule has 0 aliphatic carbocycles. The van der Waals surface area contributed by atoms with Gasteiger partial charge in [-0.3, -0.25) is 4.79 Å². The highest BCUT2D eigenvalue weighted by atomic mass is 35.5. The van der Waals surface area contributed by atoms with Crippen molar-refractivity contribution in [2.75, 3.05) is 5.32 Å². The van der Waals surface area contributed by atoms with Crippen molar-refractivity contribution in [1.29, 1.82) is 0 Å². The second-order valence-electron chi connectivity index (χ2n) is 5.73. The van der Waals surface area contributed by atoms with Crippen molar-refractivity contribution in [2.45, 2.75) is 17.4 Å². The number of carbonyl (C=O) groups excluding carboxylic acids is 1. The van der Waals surface area contributed by atoms with Gasteiger partial charge in [0.05, 0.1) is 15.8 Å². The van der Waals surface area contributed by atoms with Gasteiger partial charge in [0.2, 0.25) is 5.91 Å². The van der Waals surface area contributed by atoms with Crippen LogP contribution in [0.15, 0.2) is 58.4 Å². The zero-order chi connectivity index (χ0) is 18.8. The number of aromatic amines is 1. The molecule has 0 spiro atoms. The normalized spacial score (nSPS) is 12.2. The number of hydrogen-bond acceptors (Lipinski definition) is 6. The van der Waals surface area contributed by atoms with Gasteiger partial charge in [-0.2, -0.15) is 0 Å². The molecule has 136 valence electrons. The Kier molecular flexibility index (Phi) is 4.83. The molecule has 7 nitrogen and oxygen atoms in total. The van der Waals surface area contributed by atoms with Gasteiger partial charge in [0.25, 0.3) is 11.1 Å². The number of carbonyl (C=O) groups is 1. The van der Waals surface area contributed by atoms with Crippen LogP contribution in [0.25, 0.3) is 22.4 Å². The van der Waals surface area contributed by atoms with Crippen molar-refractivity contribution in [3.63, 3.8) is 0 Å². The molecule has 1 unspecified atom stereocenters. The van der Waals surface area contributed by atoms with Gasteiger partial charge in [0.1, 0.15) is 5.82 Å². The third-order valence-corrected chi connectivity index (χ3v) is 5.01. The molecule has 1 amide bonds. The average Bonchev–Trinajstić information content (AvgIpc) is 3.30. The number of para-hydroxylation sites is 1. The molecule has 0 radical (unpaired) electrons. The lowest BCUT2D eigenvalue weighted by molar-refractivity contribution is -0.115. The topological polar surface area (TPSA) is 96.7 Å². The molecule has 0 aliphatic rings. The summed E-state index contributed by atoms with van der Waals surface area (Å²) >= 11 is 6.97. The van der Waals surface area contributed by atoms with Crippen molar-refractivity contribution < 1.29 is 9.21 Å². The quantitative estimate of drug-likeness (QED) is 0.483. The molecule has 0 fully saturated rings. The molecule has 1 atom stereocenters. The Morgan fingerprint density at radius 3 is 2.93 bits per heavy atom. The molecule has 3 aromatic heterocycles. The summed E-state index contributed by atoms with van der Waals surface area (Å²) < 4.78 is 5.73. The number of halogens is 1. The van der Waals surface area contributed by atoms with Gasteiger partial charge in [-0.25, -0.2) is 4.98 Å². The second-order valence-corrected chi connectivity index (χ2v) is 7.46. The van der Waals surface area contributed by atoms with E-state index in [0.29, 0.717) is 22.0 Å². The van der Waals surface area contributed by atoms with Gasteiger partial charge in [0, 0.05) is 23.3 Å². The predicted molar refractivity (Wildman–Crippen MR) is 105 cm³/mol. The van der Waals surface area contributed by atoms with E-state index in [2.05, 4.69) is 25.5 Å². The first-order chi connectivity index (χ1) is 13.1. The van der Waals surface area contributed by atoms with E-state index in [0.717, 1.165) is 16.5 Å². The monoisotopic (exact) mass is 399 g/mol. The fourth-order valence-electron chi connectivity index (χ4n) is 2.50. The van der Waals surface area contributed by atoms with Crippen molar-refractivity contribution in [3.05, 3.63) is 53.8 Å². The Hall–Kier alpha value is -2.84. The number of pyridine rings is 1. The second kappa shape index (κ2) is 7.42. The molecular formula is C18H14ClN5O2S. The molecule has 9 heteroatoms. The predicted octanol–water partition coefficient (Wildman–Crippen LogP) is 4.39. The van der Waals surface area contributed by atoms with Crippen LogP contribution in [0.4, 0.5) is 5.82 Å². The summed E-state index contributed by atoms with van der Waals surface area (Å²) in [7, 11) is 0. The lowest BCUT2D eigenvalue weighted by Gasteiger charge is -2.09. The van der Waals surface area contributed by atoms with Crippen molar-refractivity contribution in [2.24, 2.45) is 0 Å². The van der Waals surface area contributed by atoms with E-state index in [1.165, 1.54) is 18.0 Å². The van der Waals surface area contributed by atoms with Crippen LogP contribution in [-0.4, -0.2) is 31.3 Å². The van der Waals surface area contributed by atoms with E-state index in [1.54, 1.807) is 19.1 Å². The molecule has 0 bridgehead atoms. The third kappa shape index (κ3) is 3.81. The van der Waals surface area contributed by atoms with Crippen molar-refractivity contribution in [3.8, 4) is 11.5 Å². The molecule has 27 heavy (non-hydrogen) atoms. The zero-order valence-electron chi connectivity index (χ0n) is 14.1. The summed E-state index contributed by atoms with van der Waals surface area (Å²) in [4.78, 5) is 19.5. The minimum atomic E-state index is -0.446. The number of benzene rings is 1. The number of rotatable bonds is 5. The number of thioether (sulfide) groups is 1. The standard InChI is InChI=1S/C18H14ClN5O2S/c1-10(16(25)22-15-7-6-11(19)8-21-15)27-18-24-23-17(26-18)13-9-20-14-5-3-2-4-12(13)14/h2-10,20H,1H3,(H,21,22,25). The van der Waals surface area contributed by atoms with Crippen LogP contribution in [-0.2, 0) is 4.79 Å². The van der Waals surface area contributed by atoms with E-state index < -0.39 is 5.25 Å². The Balaban J connectivity index is 1.45. The lowest BCUT2D eigenvalue weighted by Crippen LogP contribution is -2.22. The Morgan fingerprint density at radius 1 is 1.26 bits per heavy atom. The molecule has 0 saturated carbocycles. The summed E-state index contributed by atoms with van der Waals surface area (Å²) in [6, 6.07) is 11.2.